The predicted molar refractivity (Wildman–Crippen MR) is 105 cm³/mol. The van der Waals surface area contributed by atoms with E-state index in [4.69, 9.17) is 18.9 Å². The molecule has 5 heteroatoms. The first-order chi connectivity index (χ1) is 13.1. The SMILES string of the molecule is COc1ccc2c(c1O)CCCC/C=C\2c1cc(OC)c(OC)c(OC)c1. The number of hydrogen-bond acceptors (Lipinski definition) is 5. The van der Waals surface area contributed by atoms with Crippen LogP contribution in [-0.2, 0) is 6.42 Å². The lowest BCUT2D eigenvalue weighted by Crippen LogP contribution is -2.02. The molecule has 0 saturated heterocycles. The average molecular weight is 370 g/mol. The number of ether oxygens (including phenoxy) is 4. The first-order valence-corrected chi connectivity index (χ1v) is 9.04. The van der Waals surface area contributed by atoms with Crippen molar-refractivity contribution in [3.8, 4) is 28.7 Å². The van der Waals surface area contributed by atoms with E-state index in [2.05, 4.69) is 6.08 Å². The highest BCUT2D eigenvalue weighted by molar-refractivity contribution is 5.85. The van der Waals surface area contributed by atoms with Crippen molar-refractivity contribution in [1.29, 1.82) is 0 Å². The van der Waals surface area contributed by atoms with E-state index in [1.165, 1.54) is 0 Å². The zero-order valence-corrected chi connectivity index (χ0v) is 16.3. The molecule has 0 unspecified atom stereocenters. The number of hydrogen-bond donors (Lipinski definition) is 1. The van der Waals surface area contributed by atoms with Crippen LogP contribution in [0.1, 0.15) is 36.0 Å². The van der Waals surface area contributed by atoms with Gasteiger partial charge in [0.15, 0.2) is 23.0 Å². The zero-order valence-electron chi connectivity index (χ0n) is 16.3. The Morgan fingerprint density at radius 2 is 1.48 bits per heavy atom. The molecule has 144 valence electrons. The van der Waals surface area contributed by atoms with Crippen LogP contribution in [0, 0.1) is 0 Å². The molecule has 0 radical (unpaired) electrons. The summed E-state index contributed by atoms with van der Waals surface area (Å²) >= 11 is 0. The second-order valence-corrected chi connectivity index (χ2v) is 6.42. The topological polar surface area (TPSA) is 57.2 Å². The van der Waals surface area contributed by atoms with Crippen LogP contribution in [0.15, 0.2) is 30.3 Å². The van der Waals surface area contributed by atoms with Crippen molar-refractivity contribution in [1.82, 2.24) is 0 Å². The molecular weight excluding hydrogens is 344 g/mol. The lowest BCUT2D eigenvalue weighted by molar-refractivity contribution is 0.324. The van der Waals surface area contributed by atoms with Gasteiger partial charge in [0, 0.05) is 5.56 Å². The number of fused-ring (bicyclic) bond motifs is 1. The molecule has 2 aromatic rings. The molecule has 1 N–H and O–H groups in total. The van der Waals surface area contributed by atoms with Crippen molar-refractivity contribution in [3.05, 3.63) is 47.0 Å². The van der Waals surface area contributed by atoms with Crippen LogP contribution >= 0.6 is 0 Å². The molecule has 0 spiro atoms. The number of phenols is 1. The Morgan fingerprint density at radius 3 is 2.07 bits per heavy atom. The first kappa shape index (κ1) is 19.0. The molecule has 2 aromatic carbocycles. The van der Waals surface area contributed by atoms with Crippen LogP contribution in [-0.4, -0.2) is 33.5 Å². The van der Waals surface area contributed by atoms with Crippen molar-refractivity contribution >= 4 is 5.57 Å². The summed E-state index contributed by atoms with van der Waals surface area (Å²) in [4.78, 5) is 0. The maximum atomic E-state index is 10.7. The van der Waals surface area contributed by atoms with Crippen molar-refractivity contribution < 1.29 is 24.1 Å². The van der Waals surface area contributed by atoms with Gasteiger partial charge < -0.3 is 24.1 Å². The van der Waals surface area contributed by atoms with Gasteiger partial charge >= 0.3 is 0 Å². The van der Waals surface area contributed by atoms with Crippen molar-refractivity contribution in [2.24, 2.45) is 0 Å². The van der Waals surface area contributed by atoms with Gasteiger partial charge in [-0.25, -0.2) is 0 Å². The summed E-state index contributed by atoms with van der Waals surface area (Å²) in [6.07, 6.45) is 6.07. The Morgan fingerprint density at radius 1 is 0.815 bits per heavy atom. The van der Waals surface area contributed by atoms with Crippen LogP contribution in [0.3, 0.4) is 0 Å². The molecule has 0 bridgehead atoms. The minimum absolute atomic E-state index is 0.218. The highest BCUT2D eigenvalue weighted by Crippen LogP contribution is 2.44. The summed E-state index contributed by atoms with van der Waals surface area (Å²) in [5.41, 5.74) is 3.91. The quantitative estimate of drug-likeness (QED) is 0.835. The summed E-state index contributed by atoms with van der Waals surface area (Å²) in [5, 5.41) is 10.7. The van der Waals surface area contributed by atoms with Crippen LogP contribution in [0.2, 0.25) is 0 Å². The van der Waals surface area contributed by atoms with Gasteiger partial charge in [-0.05, 0) is 60.6 Å². The highest BCUT2D eigenvalue weighted by Gasteiger charge is 2.21. The molecule has 0 amide bonds. The van der Waals surface area contributed by atoms with E-state index in [1.54, 1.807) is 28.4 Å². The normalized spacial score (nSPS) is 15.6. The standard InChI is InChI=1S/C22H26O5/c1-24-18-11-10-16-15(8-6-5-7-9-17(16)21(18)23)14-12-19(25-2)22(27-4)20(13-14)26-3/h8,10-13,23H,5-7,9H2,1-4H3/b15-8-. The number of aromatic hydroxyl groups is 1. The van der Waals surface area contributed by atoms with E-state index in [1.807, 2.05) is 24.3 Å². The third-order valence-electron chi connectivity index (χ3n) is 4.96. The van der Waals surface area contributed by atoms with Crippen LogP contribution in [0.25, 0.3) is 5.57 Å². The molecule has 0 heterocycles. The Bertz CT molecular complexity index is 829. The molecule has 1 aliphatic rings. The lowest BCUT2D eigenvalue weighted by atomic mass is 9.87. The minimum Gasteiger partial charge on any atom is -0.504 e. The Hall–Kier alpha value is -2.82. The third-order valence-corrected chi connectivity index (χ3v) is 4.96. The summed E-state index contributed by atoms with van der Waals surface area (Å²) in [5.74, 6) is 2.49. The third kappa shape index (κ3) is 3.54. The van der Waals surface area contributed by atoms with Crippen molar-refractivity contribution in [2.75, 3.05) is 28.4 Å². The van der Waals surface area contributed by atoms with Gasteiger partial charge in [0.25, 0.3) is 0 Å². The summed E-state index contributed by atoms with van der Waals surface area (Å²) < 4.78 is 21.8. The highest BCUT2D eigenvalue weighted by atomic mass is 16.5. The van der Waals surface area contributed by atoms with Gasteiger partial charge in [-0.3, -0.25) is 0 Å². The Labute approximate surface area is 160 Å². The van der Waals surface area contributed by atoms with Crippen LogP contribution < -0.4 is 18.9 Å². The molecule has 5 nitrogen and oxygen atoms in total. The van der Waals surface area contributed by atoms with Gasteiger partial charge in [-0.1, -0.05) is 12.1 Å². The fourth-order valence-electron chi connectivity index (χ4n) is 3.60. The Balaban J connectivity index is 2.21. The molecule has 0 saturated carbocycles. The number of methoxy groups -OCH3 is 4. The smallest absolute Gasteiger partial charge is 0.203 e. The first-order valence-electron chi connectivity index (χ1n) is 9.04. The maximum absolute atomic E-state index is 10.7. The maximum Gasteiger partial charge on any atom is 0.203 e. The number of allylic oxidation sites excluding steroid dienone is 1. The van der Waals surface area contributed by atoms with Crippen LogP contribution in [0.5, 0.6) is 28.7 Å². The van der Waals surface area contributed by atoms with E-state index in [9.17, 15) is 5.11 Å². The molecular formula is C22H26O5. The van der Waals surface area contributed by atoms with Gasteiger partial charge in [-0.15, -0.1) is 0 Å². The number of phenolic OH excluding ortho intramolecular Hbond substituents is 1. The van der Waals surface area contributed by atoms with E-state index in [-0.39, 0.29) is 5.75 Å². The molecule has 0 atom stereocenters. The summed E-state index contributed by atoms with van der Waals surface area (Å²) in [6.45, 7) is 0. The predicted octanol–water partition coefficient (Wildman–Crippen LogP) is 4.58. The molecule has 0 aliphatic heterocycles. The zero-order chi connectivity index (χ0) is 19.4. The largest absolute Gasteiger partial charge is 0.504 e. The van der Waals surface area contributed by atoms with E-state index in [0.717, 1.165) is 47.9 Å². The molecule has 0 fully saturated rings. The fraction of sp³-hybridized carbons (Fsp3) is 0.364. The van der Waals surface area contributed by atoms with Gasteiger partial charge in [-0.2, -0.15) is 0 Å². The molecule has 27 heavy (non-hydrogen) atoms. The van der Waals surface area contributed by atoms with E-state index in [0.29, 0.717) is 23.0 Å². The lowest BCUT2D eigenvalue weighted by Gasteiger charge is -2.21. The van der Waals surface area contributed by atoms with Crippen molar-refractivity contribution in [2.45, 2.75) is 25.7 Å². The average Bonchev–Trinajstić information content (AvgIpc) is 2.68. The van der Waals surface area contributed by atoms with E-state index < -0.39 is 0 Å². The summed E-state index contributed by atoms with van der Waals surface area (Å²) in [7, 11) is 6.38. The summed E-state index contributed by atoms with van der Waals surface area (Å²) in [6, 6.07) is 7.70. The van der Waals surface area contributed by atoms with Gasteiger partial charge in [0.1, 0.15) is 0 Å². The van der Waals surface area contributed by atoms with Gasteiger partial charge in [0.2, 0.25) is 5.75 Å². The van der Waals surface area contributed by atoms with E-state index >= 15 is 0 Å². The number of rotatable bonds is 5. The minimum atomic E-state index is 0.218. The van der Waals surface area contributed by atoms with Crippen LogP contribution in [0.4, 0.5) is 0 Å². The Kier molecular flexibility index (Phi) is 5.79. The second kappa shape index (κ2) is 8.25. The monoisotopic (exact) mass is 370 g/mol. The molecule has 0 aromatic heterocycles. The second-order valence-electron chi connectivity index (χ2n) is 6.42. The van der Waals surface area contributed by atoms with Crippen molar-refractivity contribution in [3.63, 3.8) is 0 Å². The molecule has 1 aliphatic carbocycles. The molecule has 3 rings (SSSR count). The number of benzene rings is 2. The fourth-order valence-corrected chi connectivity index (χ4v) is 3.60. The van der Waals surface area contributed by atoms with Gasteiger partial charge in [0.05, 0.1) is 28.4 Å².